The molecule has 0 aliphatic heterocycles. The molecule has 0 aliphatic rings. The van der Waals surface area contributed by atoms with Crippen molar-refractivity contribution >= 4 is 33.5 Å². The third kappa shape index (κ3) is 3.42. The van der Waals surface area contributed by atoms with Crippen molar-refractivity contribution in [2.45, 2.75) is 6.92 Å². The van der Waals surface area contributed by atoms with E-state index < -0.39 is 5.97 Å². The Kier molecular flexibility index (Phi) is 4.14. The van der Waals surface area contributed by atoms with Crippen LogP contribution >= 0.6 is 15.9 Å². The number of pyridine rings is 1. The lowest BCUT2D eigenvalue weighted by Gasteiger charge is -2.06. The third-order valence-electron chi connectivity index (χ3n) is 2.54. The molecule has 2 N–H and O–H groups in total. The second-order valence-corrected chi connectivity index (χ2v) is 5.12. The van der Waals surface area contributed by atoms with E-state index in [-0.39, 0.29) is 17.2 Å². The fourth-order valence-corrected chi connectivity index (χ4v) is 2.27. The zero-order valence-corrected chi connectivity index (χ0v) is 12.1. The molecule has 0 spiro atoms. The van der Waals surface area contributed by atoms with Crippen molar-refractivity contribution in [2.24, 2.45) is 0 Å². The van der Waals surface area contributed by atoms with E-state index in [9.17, 15) is 9.59 Å². The highest BCUT2D eigenvalue weighted by molar-refractivity contribution is 9.10. The van der Waals surface area contributed by atoms with Crippen LogP contribution in [0.1, 0.15) is 26.4 Å². The fraction of sp³-hybridized carbons (Fsp3) is 0.0714. The van der Waals surface area contributed by atoms with Crippen molar-refractivity contribution in [2.75, 3.05) is 5.32 Å². The minimum atomic E-state index is -1.08. The molecule has 2 aromatic rings. The lowest BCUT2D eigenvalue weighted by molar-refractivity contribution is 0.0696. The standard InChI is InChI=1S/C14H11BrN2O3/c1-8-4-10(15)6-11(5-8)17-13(18)12-3-2-9(7-16-12)14(19)20/h2-7H,1H3,(H,17,18)(H,19,20). The third-order valence-corrected chi connectivity index (χ3v) is 3.00. The molecule has 20 heavy (non-hydrogen) atoms. The molecule has 0 radical (unpaired) electrons. The van der Waals surface area contributed by atoms with Crippen LogP contribution in [-0.2, 0) is 0 Å². The predicted molar refractivity (Wildman–Crippen MR) is 78.0 cm³/mol. The second kappa shape index (κ2) is 5.83. The molecule has 0 atom stereocenters. The van der Waals surface area contributed by atoms with E-state index in [0.29, 0.717) is 5.69 Å². The number of carbonyl (C=O) groups is 2. The average molecular weight is 335 g/mol. The van der Waals surface area contributed by atoms with Crippen molar-refractivity contribution in [1.82, 2.24) is 4.98 Å². The number of hydrogen-bond donors (Lipinski definition) is 2. The first kappa shape index (κ1) is 14.2. The number of carboxylic acid groups (broad SMARTS) is 1. The summed E-state index contributed by atoms with van der Waals surface area (Å²) in [6, 6.07) is 8.25. The summed E-state index contributed by atoms with van der Waals surface area (Å²) in [5, 5.41) is 11.5. The van der Waals surface area contributed by atoms with Crippen LogP contribution in [0, 0.1) is 6.92 Å². The molecule has 6 heteroatoms. The van der Waals surface area contributed by atoms with Gasteiger partial charge in [-0.1, -0.05) is 15.9 Å². The summed E-state index contributed by atoms with van der Waals surface area (Å²) in [6.07, 6.45) is 1.16. The van der Waals surface area contributed by atoms with Gasteiger partial charge in [0, 0.05) is 16.4 Å². The molecule has 1 amide bonds. The number of benzene rings is 1. The Balaban J connectivity index is 2.17. The van der Waals surface area contributed by atoms with Crippen molar-refractivity contribution in [3.8, 4) is 0 Å². The van der Waals surface area contributed by atoms with Gasteiger partial charge in [0.1, 0.15) is 5.69 Å². The van der Waals surface area contributed by atoms with Gasteiger partial charge in [0.05, 0.1) is 5.56 Å². The van der Waals surface area contributed by atoms with Gasteiger partial charge in [0.25, 0.3) is 5.91 Å². The van der Waals surface area contributed by atoms with Crippen LogP contribution in [0.4, 0.5) is 5.69 Å². The average Bonchev–Trinajstić information content (AvgIpc) is 2.37. The van der Waals surface area contributed by atoms with E-state index in [4.69, 9.17) is 5.11 Å². The van der Waals surface area contributed by atoms with Gasteiger partial charge in [-0.25, -0.2) is 4.79 Å². The molecule has 1 aromatic heterocycles. The van der Waals surface area contributed by atoms with E-state index in [1.165, 1.54) is 12.1 Å². The maximum absolute atomic E-state index is 12.0. The molecule has 1 heterocycles. The number of aryl methyl sites for hydroxylation is 1. The number of amides is 1. The van der Waals surface area contributed by atoms with Crippen LogP contribution in [0.5, 0.6) is 0 Å². The Morgan fingerprint density at radius 1 is 1.25 bits per heavy atom. The number of halogens is 1. The van der Waals surface area contributed by atoms with E-state index in [1.807, 2.05) is 19.1 Å². The van der Waals surface area contributed by atoms with Gasteiger partial charge in [0.2, 0.25) is 0 Å². The lowest BCUT2D eigenvalue weighted by Crippen LogP contribution is -2.14. The van der Waals surface area contributed by atoms with Crippen LogP contribution < -0.4 is 5.32 Å². The Morgan fingerprint density at radius 3 is 2.55 bits per heavy atom. The van der Waals surface area contributed by atoms with Crippen molar-refractivity contribution in [3.05, 3.63) is 57.8 Å². The molecule has 0 saturated heterocycles. The summed E-state index contributed by atoms with van der Waals surface area (Å²) >= 11 is 3.35. The zero-order chi connectivity index (χ0) is 14.7. The number of anilines is 1. The number of carboxylic acids is 1. The SMILES string of the molecule is Cc1cc(Br)cc(NC(=O)c2ccc(C(=O)O)cn2)c1. The normalized spacial score (nSPS) is 10.1. The highest BCUT2D eigenvalue weighted by Gasteiger charge is 2.10. The number of aromatic carboxylic acids is 1. The molecule has 0 bridgehead atoms. The lowest BCUT2D eigenvalue weighted by atomic mass is 10.2. The first-order chi connectivity index (χ1) is 9.45. The van der Waals surface area contributed by atoms with Crippen LogP contribution in [0.3, 0.4) is 0 Å². The first-order valence-electron chi connectivity index (χ1n) is 5.73. The Bertz CT molecular complexity index is 648. The van der Waals surface area contributed by atoms with Gasteiger partial charge in [-0.15, -0.1) is 0 Å². The molecule has 0 unspecified atom stereocenters. The Labute approximate surface area is 123 Å². The number of rotatable bonds is 3. The number of carbonyl (C=O) groups excluding carboxylic acids is 1. The van der Waals surface area contributed by atoms with Gasteiger partial charge >= 0.3 is 5.97 Å². The van der Waals surface area contributed by atoms with Crippen molar-refractivity contribution in [1.29, 1.82) is 0 Å². The molecule has 0 fully saturated rings. The number of hydrogen-bond acceptors (Lipinski definition) is 3. The summed E-state index contributed by atoms with van der Waals surface area (Å²) in [4.78, 5) is 26.5. The summed E-state index contributed by atoms with van der Waals surface area (Å²) in [6.45, 7) is 1.92. The number of aromatic nitrogens is 1. The van der Waals surface area contributed by atoms with Crippen molar-refractivity contribution < 1.29 is 14.7 Å². The molecule has 1 aromatic carbocycles. The van der Waals surface area contributed by atoms with Gasteiger partial charge < -0.3 is 10.4 Å². The van der Waals surface area contributed by atoms with Crippen LogP contribution in [0.15, 0.2) is 41.0 Å². The summed E-state index contributed by atoms with van der Waals surface area (Å²) < 4.78 is 0.863. The minimum Gasteiger partial charge on any atom is -0.478 e. The molecule has 5 nitrogen and oxygen atoms in total. The molecular formula is C14H11BrN2O3. The van der Waals surface area contributed by atoms with E-state index in [0.717, 1.165) is 16.2 Å². The second-order valence-electron chi connectivity index (χ2n) is 4.21. The number of nitrogens with one attached hydrogen (secondary N) is 1. The molecule has 0 aliphatic carbocycles. The fourth-order valence-electron chi connectivity index (χ4n) is 1.66. The first-order valence-corrected chi connectivity index (χ1v) is 6.53. The van der Waals surface area contributed by atoms with Gasteiger partial charge in [0.15, 0.2) is 0 Å². The van der Waals surface area contributed by atoms with Gasteiger partial charge in [-0.3, -0.25) is 9.78 Å². The van der Waals surface area contributed by atoms with E-state index in [2.05, 4.69) is 26.2 Å². The smallest absolute Gasteiger partial charge is 0.337 e. The maximum Gasteiger partial charge on any atom is 0.337 e. The highest BCUT2D eigenvalue weighted by atomic mass is 79.9. The minimum absolute atomic E-state index is 0.0415. The molecule has 102 valence electrons. The Hall–Kier alpha value is -2.21. The summed E-state index contributed by atoms with van der Waals surface area (Å²) in [7, 11) is 0. The van der Waals surface area contributed by atoms with Crippen molar-refractivity contribution in [3.63, 3.8) is 0 Å². The van der Waals surface area contributed by atoms with Crippen LogP contribution in [0.2, 0.25) is 0 Å². The summed E-state index contributed by atoms with van der Waals surface area (Å²) in [5.74, 6) is -1.47. The molecular weight excluding hydrogens is 324 g/mol. The van der Waals surface area contributed by atoms with E-state index in [1.54, 1.807) is 6.07 Å². The summed E-state index contributed by atoms with van der Waals surface area (Å²) in [5.41, 5.74) is 1.85. The van der Waals surface area contributed by atoms with Crippen LogP contribution in [-0.4, -0.2) is 22.0 Å². The monoisotopic (exact) mass is 334 g/mol. The molecule has 0 saturated carbocycles. The zero-order valence-electron chi connectivity index (χ0n) is 10.6. The van der Waals surface area contributed by atoms with Gasteiger partial charge in [-0.05, 0) is 42.8 Å². The van der Waals surface area contributed by atoms with E-state index >= 15 is 0 Å². The Morgan fingerprint density at radius 2 is 2.00 bits per heavy atom. The quantitative estimate of drug-likeness (QED) is 0.903. The maximum atomic E-state index is 12.0. The highest BCUT2D eigenvalue weighted by Crippen LogP contribution is 2.19. The number of nitrogens with zero attached hydrogens (tertiary/aromatic N) is 1. The molecule has 2 rings (SSSR count). The van der Waals surface area contributed by atoms with Gasteiger partial charge in [-0.2, -0.15) is 0 Å². The topological polar surface area (TPSA) is 79.3 Å². The van der Waals surface area contributed by atoms with Crippen LogP contribution in [0.25, 0.3) is 0 Å². The largest absolute Gasteiger partial charge is 0.478 e. The predicted octanol–water partition coefficient (Wildman–Crippen LogP) is 3.10.